The zero-order valence-corrected chi connectivity index (χ0v) is 15.8. The number of nitrogens with one attached hydrogen (secondary N) is 1. The molecule has 3 N–H and O–H groups in total. The van der Waals surface area contributed by atoms with Gasteiger partial charge in [-0.05, 0) is 23.6 Å². The van der Waals surface area contributed by atoms with E-state index in [0.29, 0.717) is 11.5 Å². The fourth-order valence-electron chi connectivity index (χ4n) is 3.17. The number of fused-ring (bicyclic) bond motifs is 1. The number of hydrogen-bond acceptors (Lipinski definition) is 4. The van der Waals surface area contributed by atoms with Crippen LogP contribution in [0.3, 0.4) is 0 Å². The molecule has 0 aliphatic heterocycles. The Balaban J connectivity index is 2.01. The fourth-order valence-corrected chi connectivity index (χ4v) is 3.17. The van der Waals surface area contributed by atoms with Gasteiger partial charge in [0.1, 0.15) is 11.3 Å². The molecule has 0 bridgehead atoms. The molecule has 4 aromatic rings. The number of carbonyl (C=O) groups excluding carboxylic acids is 1. The van der Waals surface area contributed by atoms with E-state index in [1.54, 1.807) is 6.07 Å². The van der Waals surface area contributed by atoms with Crippen molar-refractivity contribution >= 4 is 17.1 Å². The molecule has 0 radical (unpaired) electrons. The van der Waals surface area contributed by atoms with Crippen LogP contribution in [0.2, 0.25) is 0 Å². The smallest absolute Gasteiger partial charge is 0.332 e. The molecule has 7 nitrogen and oxygen atoms in total. The summed E-state index contributed by atoms with van der Waals surface area (Å²) in [6.45, 7) is 4.16. The molecular weight excluding hydrogens is 373 g/mol. The second-order valence-corrected chi connectivity index (χ2v) is 6.95. The molecule has 4 rings (SSSR count). The third-order valence-electron chi connectivity index (χ3n) is 4.70. The molecule has 2 heterocycles. The van der Waals surface area contributed by atoms with Gasteiger partial charge in [0, 0.05) is 5.56 Å². The summed E-state index contributed by atoms with van der Waals surface area (Å²) in [5, 5.41) is 0. The van der Waals surface area contributed by atoms with E-state index in [1.807, 2.05) is 24.3 Å². The number of primary amides is 1. The normalized spacial score (nSPS) is 11.3. The lowest BCUT2D eigenvalue weighted by molar-refractivity contribution is 0.0997. The summed E-state index contributed by atoms with van der Waals surface area (Å²) in [5.74, 6) is -0.854. The number of H-pyrrole nitrogens is 1. The Bertz CT molecular complexity index is 1290. The molecule has 0 unspecified atom stereocenters. The lowest BCUT2D eigenvalue weighted by atomic mass is 10.0. The molecule has 29 heavy (non-hydrogen) atoms. The molecule has 1 amide bonds. The Morgan fingerprint density at radius 2 is 1.79 bits per heavy atom. The quantitative estimate of drug-likeness (QED) is 0.557. The largest absolute Gasteiger partial charge is 0.364 e. The van der Waals surface area contributed by atoms with E-state index < -0.39 is 17.4 Å². The minimum absolute atomic E-state index is 0.0129. The van der Waals surface area contributed by atoms with Crippen molar-refractivity contribution in [2.45, 2.75) is 19.8 Å². The van der Waals surface area contributed by atoms with Gasteiger partial charge in [-0.25, -0.2) is 23.7 Å². The standard InChI is InChI=1S/C21H18FN5O2/c1-11(2)12-7-9-13(10-8-12)19-24-16(18(23)28)17-20(26-19)27(21(29)25-17)15-6-4-3-5-14(15)22/h3-11H,1-2H3,(H2,23,28)(H,25,29). The van der Waals surface area contributed by atoms with Gasteiger partial charge in [-0.1, -0.05) is 50.2 Å². The van der Waals surface area contributed by atoms with Gasteiger partial charge < -0.3 is 10.7 Å². The monoisotopic (exact) mass is 391 g/mol. The van der Waals surface area contributed by atoms with Crippen LogP contribution in [0.5, 0.6) is 0 Å². The van der Waals surface area contributed by atoms with Gasteiger partial charge >= 0.3 is 5.69 Å². The van der Waals surface area contributed by atoms with E-state index in [1.165, 1.54) is 18.2 Å². The molecule has 0 atom stereocenters. The van der Waals surface area contributed by atoms with E-state index in [-0.39, 0.29) is 28.4 Å². The van der Waals surface area contributed by atoms with Crippen molar-refractivity contribution in [3.63, 3.8) is 0 Å². The Morgan fingerprint density at radius 1 is 1.10 bits per heavy atom. The van der Waals surface area contributed by atoms with Gasteiger partial charge in [0.2, 0.25) is 0 Å². The van der Waals surface area contributed by atoms with Crippen LogP contribution in [-0.2, 0) is 0 Å². The highest BCUT2D eigenvalue weighted by Crippen LogP contribution is 2.24. The number of para-hydroxylation sites is 1. The topological polar surface area (TPSA) is 107 Å². The van der Waals surface area contributed by atoms with E-state index in [9.17, 15) is 14.0 Å². The van der Waals surface area contributed by atoms with Crippen molar-refractivity contribution in [2.24, 2.45) is 5.73 Å². The summed E-state index contributed by atoms with van der Waals surface area (Å²) >= 11 is 0. The molecule has 0 fully saturated rings. The third-order valence-corrected chi connectivity index (χ3v) is 4.70. The Kier molecular flexibility index (Phi) is 4.46. The predicted molar refractivity (Wildman–Crippen MR) is 107 cm³/mol. The third kappa shape index (κ3) is 3.18. The lowest BCUT2D eigenvalue weighted by Crippen LogP contribution is -2.16. The van der Waals surface area contributed by atoms with Crippen LogP contribution in [0.1, 0.15) is 35.8 Å². The molecule has 2 aromatic carbocycles. The summed E-state index contributed by atoms with van der Waals surface area (Å²) in [5.41, 5.74) is 6.64. The number of hydrogen-bond donors (Lipinski definition) is 2. The fraction of sp³-hybridized carbons (Fsp3) is 0.143. The van der Waals surface area contributed by atoms with Crippen LogP contribution >= 0.6 is 0 Å². The van der Waals surface area contributed by atoms with Crippen LogP contribution in [0.4, 0.5) is 4.39 Å². The van der Waals surface area contributed by atoms with Crippen molar-refractivity contribution in [3.8, 4) is 17.1 Å². The maximum atomic E-state index is 14.4. The highest BCUT2D eigenvalue weighted by atomic mass is 19.1. The maximum absolute atomic E-state index is 14.4. The number of rotatable bonds is 4. The first-order valence-electron chi connectivity index (χ1n) is 9.04. The van der Waals surface area contributed by atoms with Crippen molar-refractivity contribution < 1.29 is 9.18 Å². The van der Waals surface area contributed by atoms with Crippen molar-refractivity contribution in [1.29, 1.82) is 0 Å². The Morgan fingerprint density at radius 3 is 2.41 bits per heavy atom. The average Bonchev–Trinajstić information content (AvgIpc) is 3.03. The van der Waals surface area contributed by atoms with Crippen molar-refractivity contribution in [2.75, 3.05) is 0 Å². The minimum atomic E-state index is -0.820. The maximum Gasteiger partial charge on any atom is 0.332 e. The highest BCUT2D eigenvalue weighted by Gasteiger charge is 2.21. The van der Waals surface area contributed by atoms with Crippen molar-refractivity contribution in [1.82, 2.24) is 19.5 Å². The van der Waals surface area contributed by atoms with Crippen molar-refractivity contribution in [3.05, 3.63) is 76.1 Å². The summed E-state index contributed by atoms with van der Waals surface area (Å²) in [6.07, 6.45) is 0. The first-order chi connectivity index (χ1) is 13.9. The molecule has 146 valence electrons. The molecule has 0 spiro atoms. The number of amides is 1. The Hall–Kier alpha value is -3.81. The summed E-state index contributed by atoms with van der Waals surface area (Å²) in [7, 11) is 0. The van der Waals surface area contributed by atoms with E-state index in [0.717, 1.165) is 10.1 Å². The molecule has 0 aliphatic carbocycles. The SMILES string of the molecule is CC(C)c1ccc(-c2nc(C(N)=O)c3[nH]c(=O)n(-c4ccccc4F)c3n2)cc1. The number of aromatic amines is 1. The van der Waals surface area contributed by atoms with E-state index in [2.05, 4.69) is 28.8 Å². The zero-order chi connectivity index (χ0) is 20.7. The van der Waals surface area contributed by atoms with Crippen LogP contribution in [0.25, 0.3) is 28.2 Å². The van der Waals surface area contributed by atoms with Gasteiger partial charge in [0.25, 0.3) is 5.91 Å². The highest BCUT2D eigenvalue weighted by molar-refractivity contribution is 6.02. The molecule has 0 aliphatic rings. The zero-order valence-electron chi connectivity index (χ0n) is 15.8. The number of carbonyl (C=O) groups is 1. The van der Waals surface area contributed by atoms with Gasteiger partial charge in [-0.15, -0.1) is 0 Å². The molecule has 0 saturated heterocycles. The summed E-state index contributed by atoms with van der Waals surface area (Å²) in [4.78, 5) is 35.8. The van der Waals surface area contributed by atoms with Crippen LogP contribution in [-0.4, -0.2) is 25.4 Å². The number of benzene rings is 2. The van der Waals surface area contributed by atoms with Gasteiger partial charge in [0.15, 0.2) is 17.2 Å². The average molecular weight is 391 g/mol. The summed E-state index contributed by atoms with van der Waals surface area (Å²) < 4.78 is 15.4. The number of nitrogens with zero attached hydrogens (tertiary/aromatic N) is 3. The Labute approximate surface area is 165 Å². The second kappa shape index (κ2) is 6.97. The van der Waals surface area contributed by atoms with Gasteiger partial charge in [-0.2, -0.15) is 0 Å². The number of nitrogens with two attached hydrogens (primary N) is 1. The summed E-state index contributed by atoms with van der Waals surface area (Å²) in [6, 6.07) is 13.4. The number of imidazole rings is 1. The van der Waals surface area contributed by atoms with Gasteiger partial charge in [0.05, 0.1) is 5.69 Å². The lowest BCUT2D eigenvalue weighted by Gasteiger charge is -2.09. The first kappa shape index (κ1) is 18.5. The van der Waals surface area contributed by atoms with Gasteiger partial charge in [-0.3, -0.25) is 4.79 Å². The molecule has 0 saturated carbocycles. The predicted octanol–water partition coefficient (Wildman–Crippen LogP) is 3.14. The number of aromatic nitrogens is 4. The number of halogens is 1. The van der Waals surface area contributed by atoms with E-state index >= 15 is 0 Å². The molecular formula is C21H18FN5O2. The molecule has 2 aromatic heterocycles. The van der Waals surface area contributed by atoms with E-state index in [4.69, 9.17) is 5.73 Å². The van der Waals surface area contributed by atoms with Crippen LogP contribution < -0.4 is 11.4 Å². The van der Waals surface area contributed by atoms with Crippen LogP contribution in [0.15, 0.2) is 53.3 Å². The second-order valence-electron chi connectivity index (χ2n) is 6.95. The molecule has 8 heteroatoms. The first-order valence-corrected chi connectivity index (χ1v) is 9.04. The van der Waals surface area contributed by atoms with Crippen LogP contribution in [0, 0.1) is 5.82 Å². The minimum Gasteiger partial charge on any atom is -0.364 e.